The van der Waals surface area contributed by atoms with E-state index in [0.717, 1.165) is 73.9 Å². The molecule has 0 unspecified atom stereocenters. The number of sulfone groups is 2. The Morgan fingerprint density at radius 3 is 1.09 bits per heavy atom. The van der Waals surface area contributed by atoms with E-state index in [1.165, 1.54) is 58.0 Å². The maximum Gasteiger partial charge on any atom is 0.152 e. The maximum atomic E-state index is 11.3. The monoisotopic (exact) mass is 981 g/mol. The van der Waals surface area contributed by atoms with Crippen LogP contribution >= 0.6 is 0 Å². The Labute approximate surface area is 416 Å². The fourth-order valence-corrected chi connectivity index (χ4v) is 9.84. The molecule has 2 aliphatic heterocycles. The minimum absolute atomic E-state index is 0.218. The van der Waals surface area contributed by atoms with Crippen LogP contribution < -0.4 is 0 Å². The van der Waals surface area contributed by atoms with E-state index >= 15 is 0 Å². The van der Waals surface area contributed by atoms with E-state index in [1.807, 2.05) is 13.8 Å². The van der Waals surface area contributed by atoms with Crippen molar-refractivity contribution in [2.24, 2.45) is 47.3 Å². The topological polar surface area (TPSA) is 93.2 Å². The van der Waals surface area contributed by atoms with Crippen LogP contribution in [0.1, 0.15) is 230 Å². The first kappa shape index (κ1) is 70.0. The Balaban J connectivity index is -0.000000722. The van der Waals surface area contributed by atoms with Gasteiger partial charge in [0.1, 0.15) is 0 Å². The van der Waals surface area contributed by atoms with Gasteiger partial charge in [0.15, 0.2) is 19.7 Å². The van der Waals surface area contributed by atoms with Gasteiger partial charge in [-0.25, -0.2) is 16.8 Å². The molecule has 0 aromatic heterocycles. The van der Waals surface area contributed by atoms with Gasteiger partial charge in [-0.05, 0) is 163 Å². The molecule has 10 heteroatoms. The normalized spacial score (nSPS) is 18.5. The van der Waals surface area contributed by atoms with Gasteiger partial charge in [0.25, 0.3) is 0 Å². The fourth-order valence-electron chi connectivity index (χ4n) is 7.53. The van der Waals surface area contributed by atoms with E-state index in [-0.39, 0.29) is 10.5 Å². The molecule has 3 aliphatic rings. The van der Waals surface area contributed by atoms with Crippen LogP contribution in [-0.2, 0) is 29.1 Å². The first-order valence-corrected chi connectivity index (χ1v) is 30.8. The molecular formula is C56H120N2O6S2. The standard InChI is InChI=1S/C10H21N.C10H20O.C10H22.C9H19NO.C9H20O2S.C8H18O2S/c1-8(2)5-10-6-11(7-10)9(3)4;1-7(2)9-5-10(6-9)11-8(3)4;1-9(2)7-5-6-8-10(3)4;1-7(2)10-5-9(6-10)11-8(3)4;1-8(2)6-5-7-12(10,11)9(3)4;1-7(2)5-6-11(9,10)8(3)4/h8-10H,5-7H2,1-4H3;7-10H,5-6H2,1-4H3;9-10H,5-8H2,1-4H3;7-9H,5-6H2,1-4H3;8-9H,5-7H2,1-4H3;7-8H,5-6H2,1-4H3. The molecule has 0 aromatic carbocycles. The number of rotatable bonds is 23. The van der Waals surface area contributed by atoms with E-state index in [0.29, 0.717) is 53.8 Å². The molecule has 3 rings (SSSR count). The lowest BCUT2D eigenvalue weighted by atomic mass is 9.75. The summed E-state index contributed by atoms with van der Waals surface area (Å²) in [4.78, 5) is 4.97. The number of likely N-dealkylation sites (tertiary alicyclic amines) is 2. The minimum Gasteiger partial charge on any atom is -0.376 e. The first-order valence-electron chi connectivity index (χ1n) is 27.3. The summed E-state index contributed by atoms with van der Waals surface area (Å²) in [6.07, 6.45) is 14.1. The molecule has 8 nitrogen and oxygen atoms in total. The summed E-state index contributed by atoms with van der Waals surface area (Å²) in [5, 5.41) is -0.439. The lowest BCUT2D eigenvalue weighted by Crippen LogP contribution is -2.55. The second kappa shape index (κ2) is 37.5. The highest BCUT2D eigenvalue weighted by atomic mass is 32.2. The lowest BCUT2D eigenvalue weighted by Gasteiger charge is -2.42. The number of unbranched alkanes of at least 4 members (excludes halogenated alkanes) is 1. The zero-order chi connectivity index (χ0) is 52.1. The molecule has 2 saturated heterocycles. The average molecular weight is 982 g/mol. The van der Waals surface area contributed by atoms with Crippen LogP contribution in [0.5, 0.6) is 0 Å². The molecule has 0 amide bonds. The molecule has 0 radical (unpaired) electrons. The fraction of sp³-hybridized carbons (Fsp3) is 1.00. The van der Waals surface area contributed by atoms with E-state index in [9.17, 15) is 16.8 Å². The maximum absolute atomic E-state index is 11.3. The molecular weight excluding hydrogens is 861 g/mol. The molecule has 3 fully saturated rings. The first-order chi connectivity index (χ1) is 30.1. The second-order valence-corrected chi connectivity index (χ2v) is 29.7. The van der Waals surface area contributed by atoms with Crippen molar-refractivity contribution in [1.29, 1.82) is 0 Å². The van der Waals surface area contributed by atoms with Gasteiger partial charge in [-0.1, -0.05) is 115 Å². The van der Waals surface area contributed by atoms with Crippen LogP contribution in [0.4, 0.5) is 0 Å². The van der Waals surface area contributed by atoms with E-state index in [2.05, 4.69) is 134 Å². The third-order valence-corrected chi connectivity index (χ3v) is 17.1. The van der Waals surface area contributed by atoms with Crippen LogP contribution in [0.25, 0.3) is 0 Å². The molecule has 0 aromatic rings. The number of ether oxygens (including phenoxy) is 2. The molecule has 66 heavy (non-hydrogen) atoms. The van der Waals surface area contributed by atoms with Crippen molar-refractivity contribution in [3.8, 4) is 0 Å². The van der Waals surface area contributed by atoms with Gasteiger partial charge < -0.3 is 14.4 Å². The third-order valence-electron chi connectivity index (χ3n) is 12.6. The smallest absolute Gasteiger partial charge is 0.152 e. The molecule has 1 aliphatic carbocycles. The Morgan fingerprint density at radius 1 is 0.424 bits per heavy atom. The van der Waals surface area contributed by atoms with Crippen molar-refractivity contribution in [2.75, 3.05) is 37.7 Å². The summed E-state index contributed by atoms with van der Waals surface area (Å²) >= 11 is 0. The van der Waals surface area contributed by atoms with Crippen molar-refractivity contribution >= 4 is 19.7 Å². The van der Waals surface area contributed by atoms with Gasteiger partial charge in [0.05, 0.1) is 46.4 Å². The van der Waals surface area contributed by atoms with Crippen molar-refractivity contribution < 1.29 is 26.3 Å². The SMILES string of the molecule is CC(C)CC1CN(C(C)C)C1.CC(C)CCCCC(C)C.CC(C)CCCS(=O)(=O)C(C)C.CC(C)CCS(=O)(=O)C(C)C.CC(C)OC1CC(C(C)C)C1.CC(C)OC1CN(C(C)C)C1. The summed E-state index contributed by atoms with van der Waals surface area (Å²) in [5.74, 6) is 7.22. The summed E-state index contributed by atoms with van der Waals surface area (Å²) in [7, 11) is -5.59. The van der Waals surface area contributed by atoms with E-state index < -0.39 is 19.7 Å². The van der Waals surface area contributed by atoms with Gasteiger partial charge in [-0.3, -0.25) is 4.90 Å². The average Bonchev–Trinajstić information content (AvgIpc) is 3.10. The van der Waals surface area contributed by atoms with Crippen LogP contribution in [0.15, 0.2) is 0 Å². The Kier molecular flexibility index (Phi) is 39.8. The predicted octanol–water partition coefficient (Wildman–Crippen LogP) is 14.7. The van der Waals surface area contributed by atoms with Crippen molar-refractivity contribution in [2.45, 2.75) is 277 Å². The van der Waals surface area contributed by atoms with Crippen molar-refractivity contribution in [1.82, 2.24) is 9.80 Å². The number of hydrogen-bond acceptors (Lipinski definition) is 8. The minimum atomic E-state index is -2.79. The van der Waals surface area contributed by atoms with Crippen LogP contribution in [0.3, 0.4) is 0 Å². The van der Waals surface area contributed by atoms with Gasteiger partial charge >= 0.3 is 0 Å². The lowest BCUT2D eigenvalue weighted by molar-refractivity contribution is -0.0903. The molecule has 402 valence electrons. The van der Waals surface area contributed by atoms with Crippen molar-refractivity contribution in [3.05, 3.63) is 0 Å². The summed E-state index contributed by atoms with van der Waals surface area (Å²) in [5.41, 5.74) is 0. The molecule has 0 atom stereocenters. The summed E-state index contributed by atoms with van der Waals surface area (Å²) in [6, 6.07) is 1.44. The number of nitrogens with zero attached hydrogens (tertiary/aromatic N) is 2. The van der Waals surface area contributed by atoms with E-state index in [1.54, 1.807) is 27.7 Å². The Hall–Kier alpha value is -0.260. The van der Waals surface area contributed by atoms with Crippen LogP contribution in [0, 0.1) is 47.3 Å². The van der Waals surface area contributed by atoms with Gasteiger partial charge in [0.2, 0.25) is 0 Å². The number of hydrogen-bond donors (Lipinski definition) is 0. The molecule has 0 bridgehead atoms. The largest absolute Gasteiger partial charge is 0.376 e. The molecule has 0 spiro atoms. The zero-order valence-corrected chi connectivity index (χ0v) is 50.3. The molecule has 0 N–H and O–H groups in total. The summed E-state index contributed by atoms with van der Waals surface area (Å²) < 4.78 is 56.4. The quantitative estimate of drug-likeness (QED) is 0.0935. The Bertz CT molecular complexity index is 1240. The van der Waals surface area contributed by atoms with Gasteiger partial charge in [-0.15, -0.1) is 0 Å². The van der Waals surface area contributed by atoms with Crippen LogP contribution in [0.2, 0.25) is 0 Å². The highest BCUT2D eigenvalue weighted by molar-refractivity contribution is 7.92. The third kappa shape index (κ3) is 39.5. The Morgan fingerprint density at radius 2 is 0.773 bits per heavy atom. The van der Waals surface area contributed by atoms with Gasteiger partial charge in [0, 0.05) is 38.3 Å². The molecule has 2 heterocycles. The highest BCUT2D eigenvalue weighted by Gasteiger charge is 2.32. The van der Waals surface area contributed by atoms with Crippen LogP contribution in [-0.4, -0.2) is 111 Å². The highest BCUT2D eigenvalue weighted by Crippen LogP contribution is 2.36. The predicted molar refractivity (Wildman–Crippen MR) is 293 cm³/mol. The van der Waals surface area contributed by atoms with Crippen molar-refractivity contribution in [3.63, 3.8) is 0 Å². The zero-order valence-electron chi connectivity index (χ0n) is 48.7. The molecule has 1 saturated carbocycles. The van der Waals surface area contributed by atoms with Gasteiger partial charge in [-0.2, -0.15) is 0 Å². The summed E-state index contributed by atoms with van der Waals surface area (Å²) in [6.45, 7) is 56.1. The second-order valence-electron chi connectivity index (χ2n) is 24.3. The van der Waals surface area contributed by atoms with E-state index in [4.69, 9.17) is 9.47 Å².